The van der Waals surface area contributed by atoms with Crippen LogP contribution in [-0.4, -0.2) is 25.7 Å². The Bertz CT molecular complexity index is 676. The number of carbonyl (C=O) groups excluding carboxylic acids is 2. The molecule has 7 nitrogen and oxygen atoms in total. The lowest BCUT2D eigenvalue weighted by atomic mass is 9.95. The maximum atomic E-state index is 12.0. The van der Waals surface area contributed by atoms with Crippen molar-refractivity contribution in [3.05, 3.63) is 41.1 Å². The molecular weight excluding hydrogens is 286 g/mol. The molecule has 2 amide bonds. The summed E-state index contributed by atoms with van der Waals surface area (Å²) in [6.45, 7) is 1.49. The highest BCUT2D eigenvalue weighted by atomic mass is 16.5. The van der Waals surface area contributed by atoms with E-state index in [1.54, 1.807) is 31.2 Å². The predicted octanol–water partition coefficient (Wildman–Crippen LogP) is 1.39. The smallest absolute Gasteiger partial charge is 0.337 e. The average molecular weight is 301 g/mol. The highest BCUT2D eigenvalue weighted by Crippen LogP contribution is 2.33. The fourth-order valence-electron chi connectivity index (χ4n) is 2.27. The van der Waals surface area contributed by atoms with Gasteiger partial charge in [-0.2, -0.15) is 5.26 Å². The van der Waals surface area contributed by atoms with Crippen molar-refractivity contribution >= 4 is 12.0 Å². The van der Waals surface area contributed by atoms with Gasteiger partial charge in [0.2, 0.25) is 0 Å². The Labute approximate surface area is 127 Å². The summed E-state index contributed by atoms with van der Waals surface area (Å²) in [4.78, 5) is 23.8. The normalized spacial score (nSPS) is 17.1. The lowest BCUT2D eigenvalue weighted by Gasteiger charge is -2.28. The van der Waals surface area contributed by atoms with E-state index < -0.39 is 18.0 Å². The summed E-state index contributed by atoms with van der Waals surface area (Å²) in [6.07, 6.45) is 0. The number of nitriles is 1. The number of allylic oxidation sites excluding steroid dienone is 1. The lowest BCUT2D eigenvalue weighted by Crippen LogP contribution is -2.45. The first-order valence-corrected chi connectivity index (χ1v) is 6.53. The van der Waals surface area contributed by atoms with Crippen LogP contribution in [0.1, 0.15) is 18.5 Å². The molecule has 2 N–H and O–H groups in total. The second-order valence-electron chi connectivity index (χ2n) is 4.55. The molecule has 1 aromatic rings. The Morgan fingerprint density at radius 1 is 1.41 bits per heavy atom. The molecule has 1 heterocycles. The van der Waals surface area contributed by atoms with Gasteiger partial charge in [-0.15, -0.1) is 0 Å². The Kier molecular flexibility index (Phi) is 4.63. The van der Waals surface area contributed by atoms with Crippen LogP contribution in [0.15, 0.2) is 35.5 Å². The summed E-state index contributed by atoms with van der Waals surface area (Å²) in [7, 11) is 1.27. The topological polar surface area (TPSA) is 100 Å². The minimum atomic E-state index is -0.712. The van der Waals surface area contributed by atoms with E-state index in [0.29, 0.717) is 17.0 Å². The minimum absolute atomic E-state index is 0.133. The highest BCUT2D eigenvalue weighted by molar-refractivity contribution is 5.95. The number of nitrogens with zero attached hydrogens (tertiary/aromatic N) is 1. The van der Waals surface area contributed by atoms with E-state index in [-0.39, 0.29) is 12.2 Å². The van der Waals surface area contributed by atoms with Crippen molar-refractivity contribution < 1.29 is 19.1 Å². The Morgan fingerprint density at radius 2 is 2.14 bits per heavy atom. The van der Waals surface area contributed by atoms with Gasteiger partial charge in [0.05, 0.1) is 18.7 Å². The third-order valence-electron chi connectivity index (χ3n) is 3.20. The quantitative estimate of drug-likeness (QED) is 0.818. The number of carbonyl (C=O) groups is 2. The predicted molar refractivity (Wildman–Crippen MR) is 76.7 cm³/mol. The van der Waals surface area contributed by atoms with Crippen molar-refractivity contribution in [1.29, 1.82) is 5.26 Å². The third kappa shape index (κ3) is 3.01. The van der Waals surface area contributed by atoms with Gasteiger partial charge in [-0.3, -0.25) is 0 Å². The minimum Gasteiger partial charge on any atom is -0.478 e. The fraction of sp³-hybridized carbons (Fsp3) is 0.267. The van der Waals surface area contributed by atoms with Gasteiger partial charge in [0.25, 0.3) is 0 Å². The van der Waals surface area contributed by atoms with E-state index in [4.69, 9.17) is 14.7 Å². The molecule has 1 aliphatic heterocycles. The number of amides is 2. The SMILES string of the molecule is COC(=O)C1=C(C)NC(=O)NC1c1ccccc1OCC#N. The van der Waals surface area contributed by atoms with E-state index in [0.717, 1.165) is 0 Å². The maximum Gasteiger partial charge on any atom is 0.337 e. The van der Waals surface area contributed by atoms with Crippen LogP contribution in [-0.2, 0) is 9.53 Å². The first-order chi connectivity index (χ1) is 10.6. The van der Waals surface area contributed by atoms with Gasteiger partial charge < -0.3 is 20.1 Å². The number of ether oxygens (including phenoxy) is 2. The third-order valence-corrected chi connectivity index (χ3v) is 3.20. The van der Waals surface area contributed by atoms with Crippen LogP contribution < -0.4 is 15.4 Å². The molecule has 2 rings (SSSR count). The molecule has 0 bridgehead atoms. The van der Waals surface area contributed by atoms with E-state index in [9.17, 15) is 9.59 Å². The molecule has 0 spiro atoms. The molecule has 0 saturated carbocycles. The number of hydrogen-bond donors (Lipinski definition) is 2. The number of nitrogens with one attached hydrogen (secondary N) is 2. The number of rotatable bonds is 4. The van der Waals surface area contributed by atoms with Gasteiger partial charge in [-0.1, -0.05) is 18.2 Å². The Hall–Kier alpha value is -3.01. The van der Waals surface area contributed by atoms with Gasteiger partial charge in [-0.05, 0) is 13.0 Å². The zero-order chi connectivity index (χ0) is 16.1. The second-order valence-corrected chi connectivity index (χ2v) is 4.55. The van der Waals surface area contributed by atoms with Crippen LogP contribution in [0, 0.1) is 11.3 Å². The van der Waals surface area contributed by atoms with Crippen LogP contribution in [0.3, 0.4) is 0 Å². The summed E-state index contributed by atoms with van der Waals surface area (Å²) >= 11 is 0. The summed E-state index contributed by atoms with van der Waals surface area (Å²) in [5, 5.41) is 13.9. The van der Waals surface area contributed by atoms with Gasteiger partial charge in [0, 0.05) is 11.3 Å². The molecule has 7 heteroatoms. The van der Waals surface area contributed by atoms with Crippen molar-refractivity contribution in [2.24, 2.45) is 0 Å². The van der Waals surface area contributed by atoms with E-state index >= 15 is 0 Å². The molecule has 0 aliphatic carbocycles. The number of esters is 1. The Balaban J connectivity index is 2.49. The summed E-state index contributed by atoms with van der Waals surface area (Å²) in [6, 6.07) is 7.64. The van der Waals surface area contributed by atoms with Crippen molar-refractivity contribution in [3.63, 3.8) is 0 Å². The second kappa shape index (κ2) is 6.63. The van der Waals surface area contributed by atoms with Gasteiger partial charge >= 0.3 is 12.0 Å². The lowest BCUT2D eigenvalue weighted by molar-refractivity contribution is -0.136. The van der Waals surface area contributed by atoms with Crippen molar-refractivity contribution in [2.45, 2.75) is 13.0 Å². The fourth-order valence-corrected chi connectivity index (χ4v) is 2.27. The number of hydrogen-bond acceptors (Lipinski definition) is 5. The van der Waals surface area contributed by atoms with Crippen LogP contribution >= 0.6 is 0 Å². The molecule has 0 saturated heterocycles. The standard InChI is InChI=1S/C15H15N3O4/c1-9-12(14(19)21-2)13(18-15(20)17-9)10-5-3-4-6-11(10)22-8-7-16/h3-6,13H,8H2,1-2H3,(H2,17,18,20). The highest BCUT2D eigenvalue weighted by Gasteiger charge is 2.33. The van der Waals surface area contributed by atoms with Crippen molar-refractivity contribution in [1.82, 2.24) is 10.6 Å². The maximum absolute atomic E-state index is 12.0. The molecule has 1 unspecified atom stereocenters. The zero-order valence-electron chi connectivity index (χ0n) is 12.2. The van der Waals surface area contributed by atoms with Crippen LogP contribution in [0.5, 0.6) is 5.75 Å². The zero-order valence-corrected chi connectivity index (χ0v) is 12.2. The van der Waals surface area contributed by atoms with Crippen molar-refractivity contribution in [3.8, 4) is 11.8 Å². The number of benzene rings is 1. The molecular formula is C15H15N3O4. The first-order valence-electron chi connectivity index (χ1n) is 6.53. The van der Waals surface area contributed by atoms with Gasteiger partial charge in [0.15, 0.2) is 6.61 Å². The van der Waals surface area contributed by atoms with E-state index in [2.05, 4.69) is 10.6 Å². The number of urea groups is 1. The van der Waals surface area contributed by atoms with E-state index in [1.165, 1.54) is 7.11 Å². The number of methoxy groups -OCH3 is 1. The average Bonchev–Trinajstić information content (AvgIpc) is 2.51. The monoisotopic (exact) mass is 301 g/mol. The van der Waals surface area contributed by atoms with Crippen molar-refractivity contribution in [2.75, 3.05) is 13.7 Å². The molecule has 0 fully saturated rings. The molecule has 1 aromatic carbocycles. The molecule has 0 radical (unpaired) electrons. The Morgan fingerprint density at radius 3 is 2.82 bits per heavy atom. The summed E-state index contributed by atoms with van der Waals surface area (Å²) in [5.41, 5.74) is 1.28. The molecule has 114 valence electrons. The number of para-hydroxylation sites is 1. The van der Waals surface area contributed by atoms with Gasteiger partial charge in [0.1, 0.15) is 11.8 Å². The first kappa shape index (κ1) is 15.4. The molecule has 22 heavy (non-hydrogen) atoms. The van der Waals surface area contributed by atoms with Crippen LogP contribution in [0.4, 0.5) is 4.79 Å². The molecule has 0 aromatic heterocycles. The van der Waals surface area contributed by atoms with Gasteiger partial charge in [-0.25, -0.2) is 9.59 Å². The summed E-state index contributed by atoms with van der Waals surface area (Å²) in [5.74, 6) is -0.129. The van der Waals surface area contributed by atoms with E-state index in [1.807, 2.05) is 6.07 Å². The van der Waals surface area contributed by atoms with Crippen LogP contribution in [0.2, 0.25) is 0 Å². The summed E-state index contributed by atoms with van der Waals surface area (Å²) < 4.78 is 10.2. The van der Waals surface area contributed by atoms with Crippen LogP contribution in [0.25, 0.3) is 0 Å². The molecule has 1 atom stereocenters. The molecule has 1 aliphatic rings. The largest absolute Gasteiger partial charge is 0.478 e.